The van der Waals surface area contributed by atoms with Crippen LogP contribution in [0.25, 0.3) is 28.2 Å². The Kier molecular flexibility index (Phi) is 5.28. The molecule has 0 saturated carbocycles. The lowest BCUT2D eigenvalue weighted by Gasteiger charge is -2.09. The smallest absolute Gasteiger partial charge is 0.118 e. The summed E-state index contributed by atoms with van der Waals surface area (Å²) in [7, 11) is 3.33. The molecule has 0 atom stereocenters. The van der Waals surface area contributed by atoms with Crippen molar-refractivity contribution >= 4 is 11.6 Å². The van der Waals surface area contributed by atoms with E-state index < -0.39 is 0 Å². The summed E-state index contributed by atoms with van der Waals surface area (Å²) in [5.74, 6) is 1.64. The molecule has 0 unspecified atom stereocenters. The fraction of sp³-hybridized carbons (Fsp3) is 0.125. The molecular weight excluding hydrogens is 384 g/mol. The summed E-state index contributed by atoms with van der Waals surface area (Å²) in [4.78, 5) is 0. The van der Waals surface area contributed by atoms with E-state index >= 15 is 0 Å². The van der Waals surface area contributed by atoms with Crippen molar-refractivity contribution in [2.24, 2.45) is 0 Å². The van der Waals surface area contributed by atoms with E-state index in [-0.39, 0.29) is 0 Å². The van der Waals surface area contributed by atoms with E-state index in [1.54, 1.807) is 14.2 Å². The van der Waals surface area contributed by atoms with Crippen molar-refractivity contribution in [1.82, 2.24) is 9.78 Å². The van der Waals surface area contributed by atoms with Crippen molar-refractivity contribution < 1.29 is 9.47 Å². The van der Waals surface area contributed by atoms with Crippen LogP contribution in [0.5, 0.6) is 11.5 Å². The first-order chi connectivity index (χ1) is 14.1. The fourth-order valence-electron chi connectivity index (χ4n) is 3.38. The van der Waals surface area contributed by atoms with Crippen LogP contribution in [0.4, 0.5) is 0 Å². The minimum Gasteiger partial charge on any atom is -0.497 e. The Bertz CT molecular complexity index is 1120. The molecule has 0 aliphatic carbocycles. The van der Waals surface area contributed by atoms with Crippen LogP contribution >= 0.6 is 11.6 Å². The van der Waals surface area contributed by atoms with Gasteiger partial charge >= 0.3 is 0 Å². The van der Waals surface area contributed by atoms with Gasteiger partial charge in [0.25, 0.3) is 0 Å². The van der Waals surface area contributed by atoms with E-state index in [1.807, 2.05) is 77.5 Å². The standard InChI is InChI=1S/C24H21ClN2O2/c1-16-23(17-4-12-21(28-2)13-5-17)26-27(20-10-8-19(25)9-11-20)24(16)18-6-14-22(29-3)15-7-18/h4-15H,1-3H3. The van der Waals surface area contributed by atoms with Gasteiger partial charge in [-0.15, -0.1) is 0 Å². The molecule has 0 amide bonds. The summed E-state index contributed by atoms with van der Waals surface area (Å²) in [6.07, 6.45) is 0. The number of benzene rings is 3. The predicted octanol–water partition coefficient (Wildman–Crippen LogP) is 6.19. The molecule has 5 heteroatoms. The van der Waals surface area contributed by atoms with Gasteiger partial charge < -0.3 is 9.47 Å². The summed E-state index contributed by atoms with van der Waals surface area (Å²) in [5, 5.41) is 5.65. The molecule has 29 heavy (non-hydrogen) atoms. The van der Waals surface area contributed by atoms with Crippen molar-refractivity contribution in [3.05, 3.63) is 83.4 Å². The summed E-state index contributed by atoms with van der Waals surface area (Å²) < 4.78 is 12.6. The average molecular weight is 405 g/mol. The van der Waals surface area contributed by atoms with Crippen LogP contribution in [-0.4, -0.2) is 24.0 Å². The lowest BCUT2D eigenvalue weighted by atomic mass is 10.0. The molecule has 4 aromatic rings. The number of methoxy groups -OCH3 is 2. The highest BCUT2D eigenvalue weighted by Gasteiger charge is 2.19. The zero-order chi connectivity index (χ0) is 20.4. The van der Waals surface area contributed by atoms with Crippen molar-refractivity contribution in [2.45, 2.75) is 6.92 Å². The molecule has 0 saturated heterocycles. The monoisotopic (exact) mass is 404 g/mol. The Morgan fingerprint density at radius 2 is 1.24 bits per heavy atom. The predicted molar refractivity (Wildman–Crippen MR) is 117 cm³/mol. The van der Waals surface area contributed by atoms with Gasteiger partial charge in [0.05, 0.1) is 31.3 Å². The summed E-state index contributed by atoms with van der Waals surface area (Å²) in [6, 6.07) is 23.7. The molecule has 3 aromatic carbocycles. The van der Waals surface area contributed by atoms with Gasteiger partial charge in [0.15, 0.2) is 0 Å². The normalized spacial score (nSPS) is 10.8. The minimum absolute atomic E-state index is 0.694. The first-order valence-corrected chi connectivity index (χ1v) is 9.63. The molecule has 146 valence electrons. The van der Waals surface area contributed by atoms with Crippen LogP contribution in [0, 0.1) is 6.92 Å². The van der Waals surface area contributed by atoms with Gasteiger partial charge in [-0.05, 0) is 79.7 Å². The summed E-state index contributed by atoms with van der Waals surface area (Å²) >= 11 is 6.09. The van der Waals surface area contributed by atoms with Crippen LogP contribution in [0.2, 0.25) is 5.02 Å². The van der Waals surface area contributed by atoms with Crippen LogP contribution in [0.1, 0.15) is 5.56 Å². The molecule has 0 aliphatic heterocycles. The van der Waals surface area contributed by atoms with Crippen LogP contribution in [0.15, 0.2) is 72.8 Å². The van der Waals surface area contributed by atoms with Crippen molar-refractivity contribution in [1.29, 1.82) is 0 Å². The molecule has 4 nitrogen and oxygen atoms in total. The molecule has 1 aromatic heterocycles. The van der Waals surface area contributed by atoms with E-state index in [1.165, 1.54) is 0 Å². The van der Waals surface area contributed by atoms with Gasteiger partial charge in [0, 0.05) is 21.7 Å². The largest absolute Gasteiger partial charge is 0.497 e. The highest BCUT2D eigenvalue weighted by molar-refractivity contribution is 6.30. The van der Waals surface area contributed by atoms with Crippen LogP contribution < -0.4 is 9.47 Å². The van der Waals surface area contributed by atoms with Gasteiger partial charge in [-0.3, -0.25) is 0 Å². The number of nitrogens with zero attached hydrogens (tertiary/aromatic N) is 2. The lowest BCUT2D eigenvalue weighted by molar-refractivity contribution is 0.414. The Labute approximate surface area is 175 Å². The number of halogens is 1. The average Bonchev–Trinajstić information content (AvgIpc) is 3.11. The second-order valence-corrected chi connectivity index (χ2v) is 7.10. The molecule has 0 bridgehead atoms. The van der Waals surface area contributed by atoms with Gasteiger partial charge in [-0.1, -0.05) is 11.6 Å². The fourth-order valence-corrected chi connectivity index (χ4v) is 3.50. The molecule has 0 N–H and O–H groups in total. The Morgan fingerprint density at radius 1 is 0.724 bits per heavy atom. The SMILES string of the molecule is COc1ccc(-c2nn(-c3ccc(Cl)cc3)c(-c3ccc(OC)cc3)c2C)cc1. The first kappa shape index (κ1) is 19.1. The maximum atomic E-state index is 6.09. The van der Waals surface area contributed by atoms with Crippen molar-refractivity contribution in [3.63, 3.8) is 0 Å². The first-order valence-electron chi connectivity index (χ1n) is 9.25. The maximum absolute atomic E-state index is 6.09. The molecule has 0 aliphatic rings. The number of aromatic nitrogens is 2. The zero-order valence-corrected chi connectivity index (χ0v) is 17.3. The van der Waals surface area contributed by atoms with Gasteiger partial charge in [-0.25, -0.2) is 4.68 Å². The minimum atomic E-state index is 0.694. The molecule has 1 heterocycles. The van der Waals surface area contributed by atoms with Gasteiger partial charge in [0.1, 0.15) is 11.5 Å². The van der Waals surface area contributed by atoms with E-state index in [0.29, 0.717) is 5.02 Å². The van der Waals surface area contributed by atoms with Crippen molar-refractivity contribution in [2.75, 3.05) is 14.2 Å². The highest BCUT2D eigenvalue weighted by atomic mass is 35.5. The third kappa shape index (κ3) is 3.71. The van der Waals surface area contributed by atoms with E-state index in [2.05, 4.69) is 6.92 Å². The Balaban J connectivity index is 1.90. The topological polar surface area (TPSA) is 36.3 Å². The van der Waals surface area contributed by atoms with Crippen molar-refractivity contribution in [3.8, 4) is 39.7 Å². The van der Waals surface area contributed by atoms with Gasteiger partial charge in [0.2, 0.25) is 0 Å². The van der Waals surface area contributed by atoms with Gasteiger partial charge in [-0.2, -0.15) is 5.10 Å². The maximum Gasteiger partial charge on any atom is 0.118 e. The third-order valence-corrected chi connectivity index (χ3v) is 5.17. The Hall–Kier alpha value is -3.24. The lowest BCUT2D eigenvalue weighted by Crippen LogP contribution is -1.99. The second-order valence-electron chi connectivity index (χ2n) is 6.67. The van der Waals surface area contributed by atoms with Crippen LogP contribution in [0.3, 0.4) is 0 Å². The quantitative estimate of drug-likeness (QED) is 0.398. The van der Waals surface area contributed by atoms with E-state index in [0.717, 1.165) is 45.3 Å². The third-order valence-electron chi connectivity index (χ3n) is 4.92. The Morgan fingerprint density at radius 3 is 1.76 bits per heavy atom. The second kappa shape index (κ2) is 8.02. The number of rotatable bonds is 5. The van der Waals surface area contributed by atoms with E-state index in [9.17, 15) is 0 Å². The molecule has 0 fully saturated rings. The molecule has 0 spiro atoms. The molecular formula is C24H21ClN2O2. The zero-order valence-electron chi connectivity index (χ0n) is 16.5. The number of hydrogen-bond donors (Lipinski definition) is 0. The number of hydrogen-bond acceptors (Lipinski definition) is 3. The molecule has 4 rings (SSSR count). The van der Waals surface area contributed by atoms with Crippen LogP contribution in [-0.2, 0) is 0 Å². The summed E-state index contributed by atoms with van der Waals surface area (Å²) in [5.41, 5.74) is 6.09. The number of ether oxygens (including phenoxy) is 2. The molecule has 0 radical (unpaired) electrons. The highest BCUT2D eigenvalue weighted by Crippen LogP contribution is 2.35. The summed E-state index contributed by atoms with van der Waals surface area (Å²) in [6.45, 7) is 2.10. The van der Waals surface area contributed by atoms with E-state index in [4.69, 9.17) is 26.2 Å².